The predicted molar refractivity (Wildman–Crippen MR) is 80.5 cm³/mol. The number of carbonyl (C=O) groups is 1. The molecule has 114 valence electrons. The summed E-state index contributed by atoms with van der Waals surface area (Å²) in [7, 11) is 0. The van der Waals surface area contributed by atoms with Gasteiger partial charge in [0.2, 0.25) is 0 Å². The molecular weight excluding hydrogens is 286 g/mol. The Hall–Kier alpha value is -2.89. The molecule has 0 saturated carbocycles. The van der Waals surface area contributed by atoms with E-state index in [1.54, 1.807) is 36.4 Å². The second kappa shape index (κ2) is 7.78. The third-order valence-corrected chi connectivity index (χ3v) is 2.89. The lowest BCUT2D eigenvalue weighted by Crippen LogP contribution is -2.05. The summed E-state index contributed by atoms with van der Waals surface area (Å²) < 4.78 is 11.0. The third kappa shape index (κ3) is 4.59. The molecule has 0 aromatic heterocycles. The van der Waals surface area contributed by atoms with Crippen LogP contribution in [0.1, 0.15) is 16.8 Å². The van der Waals surface area contributed by atoms with Crippen molar-refractivity contribution in [2.45, 2.75) is 6.42 Å². The molecule has 0 N–H and O–H groups in total. The van der Waals surface area contributed by atoms with Crippen LogP contribution in [0.5, 0.6) is 11.5 Å². The number of benzene rings is 2. The first-order valence-corrected chi connectivity index (χ1v) is 6.74. The van der Waals surface area contributed by atoms with Crippen molar-refractivity contribution in [2.24, 2.45) is 0 Å². The number of ether oxygens (including phenoxy) is 2. The molecule has 0 aliphatic carbocycles. The van der Waals surface area contributed by atoms with E-state index in [2.05, 4.69) is 0 Å². The lowest BCUT2D eigenvalue weighted by molar-refractivity contribution is -0.384. The predicted octanol–water partition coefficient (Wildman–Crippen LogP) is 3.26. The summed E-state index contributed by atoms with van der Waals surface area (Å²) in [6.07, 6.45) is 1.45. The van der Waals surface area contributed by atoms with E-state index in [0.717, 1.165) is 6.29 Å². The number of nitro benzene ring substituents is 1. The minimum absolute atomic E-state index is 0.0365. The summed E-state index contributed by atoms with van der Waals surface area (Å²) >= 11 is 0. The molecule has 6 heteroatoms. The molecule has 0 amide bonds. The summed E-state index contributed by atoms with van der Waals surface area (Å²) in [5, 5.41) is 10.5. The average molecular weight is 301 g/mol. The van der Waals surface area contributed by atoms with Crippen molar-refractivity contribution in [3.63, 3.8) is 0 Å². The lowest BCUT2D eigenvalue weighted by atomic mass is 10.2. The Kier molecular flexibility index (Phi) is 5.48. The van der Waals surface area contributed by atoms with E-state index in [9.17, 15) is 14.9 Å². The van der Waals surface area contributed by atoms with Gasteiger partial charge in [0.05, 0.1) is 18.1 Å². The fourth-order valence-electron chi connectivity index (χ4n) is 1.75. The van der Waals surface area contributed by atoms with E-state index in [0.29, 0.717) is 36.7 Å². The number of nitrogens with zero attached hydrogens (tertiary/aromatic N) is 1. The van der Waals surface area contributed by atoms with Crippen molar-refractivity contribution < 1.29 is 19.2 Å². The zero-order valence-electron chi connectivity index (χ0n) is 11.8. The number of aldehydes is 1. The highest BCUT2D eigenvalue weighted by molar-refractivity contribution is 5.74. The summed E-state index contributed by atoms with van der Waals surface area (Å²) in [6, 6.07) is 12.8. The number of hydrogen-bond acceptors (Lipinski definition) is 5. The summed E-state index contributed by atoms with van der Waals surface area (Å²) in [5.41, 5.74) is 0.642. The number of hydrogen-bond donors (Lipinski definition) is 0. The van der Waals surface area contributed by atoms with Gasteiger partial charge in [-0.1, -0.05) is 0 Å². The minimum atomic E-state index is -0.451. The second-order valence-corrected chi connectivity index (χ2v) is 4.49. The lowest BCUT2D eigenvalue weighted by Gasteiger charge is -2.08. The molecule has 0 aliphatic heterocycles. The van der Waals surface area contributed by atoms with Gasteiger partial charge in [0.1, 0.15) is 17.8 Å². The maximum atomic E-state index is 10.5. The van der Waals surface area contributed by atoms with Crippen molar-refractivity contribution in [1.29, 1.82) is 0 Å². The van der Waals surface area contributed by atoms with Crippen LogP contribution in [-0.2, 0) is 0 Å². The molecule has 0 fully saturated rings. The highest BCUT2D eigenvalue weighted by Crippen LogP contribution is 2.17. The Morgan fingerprint density at radius 3 is 1.86 bits per heavy atom. The molecule has 0 radical (unpaired) electrons. The summed E-state index contributed by atoms with van der Waals surface area (Å²) in [5.74, 6) is 1.28. The van der Waals surface area contributed by atoms with E-state index in [1.165, 1.54) is 12.1 Å². The van der Waals surface area contributed by atoms with Crippen LogP contribution in [-0.4, -0.2) is 24.4 Å². The fourth-order valence-corrected chi connectivity index (χ4v) is 1.75. The van der Waals surface area contributed by atoms with Gasteiger partial charge in [-0.2, -0.15) is 0 Å². The summed E-state index contributed by atoms with van der Waals surface area (Å²) in [4.78, 5) is 20.6. The van der Waals surface area contributed by atoms with Gasteiger partial charge in [-0.15, -0.1) is 0 Å². The standard InChI is InChI=1S/C16H15NO5/c18-12-13-2-6-15(7-3-13)21-10-1-11-22-16-8-4-14(5-9-16)17(19)20/h2-9,12H,1,10-11H2. The first-order chi connectivity index (χ1) is 10.7. The van der Waals surface area contributed by atoms with E-state index < -0.39 is 4.92 Å². The van der Waals surface area contributed by atoms with Crippen LogP contribution in [0.25, 0.3) is 0 Å². The first-order valence-electron chi connectivity index (χ1n) is 6.74. The Morgan fingerprint density at radius 2 is 1.41 bits per heavy atom. The molecule has 6 nitrogen and oxygen atoms in total. The van der Waals surface area contributed by atoms with Gasteiger partial charge in [-0.05, 0) is 36.4 Å². The maximum absolute atomic E-state index is 10.5. The third-order valence-electron chi connectivity index (χ3n) is 2.89. The number of non-ortho nitro benzene ring substituents is 1. The molecule has 0 atom stereocenters. The van der Waals surface area contributed by atoms with Gasteiger partial charge >= 0.3 is 0 Å². The first kappa shape index (κ1) is 15.5. The number of carbonyl (C=O) groups excluding carboxylic acids is 1. The van der Waals surface area contributed by atoms with Gasteiger partial charge in [0, 0.05) is 24.1 Å². The molecule has 0 aliphatic rings. The monoisotopic (exact) mass is 301 g/mol. The fraction of sp³-hybridized carbons (Fsp3) is 0.188. The van der Waals surface area contributed by atoms with Crippen LogP contribution in [0, 0.1) is 10.1 Å². The molecule has 0 spiro atoms. The van der Waals surface area contributed by atoms with Gasteiger partial charge in [0.25, 0.3) is 5.69 Å². The molecule has 2 aromatic carbocycles. The molecule has 0 bridgehead atoms. The average Bonchev–Trinajstić information content (AvgIpc) is 2.55. The maximum Gasteiger partial charge on any atom is 0.269 e. The topological polar surface area (TPSA) is 78.7 Å². The highest BCUT2D eigenvalue weighted by atomic mass is 16.6. The Morgan fingerprint density at radius 1 is 0.909 bits per heavy atom. The molecule has 0 saturated heterocycles. The van der Waals surface area contributed by atoms with Crippen LogP contribution in [0.4, 0.5) is 5.69 Å². The highest BCUT2D eigenvalue weighted by Gasteiger charge is 2.04. The molecular formula is C16H15NO5. The van der Waals surface area contributed by atoms with Crippen molar-refractivity contribution in [1.82, 2.24) is 0 Å². The van der Waals surface area contributed by atoms with Gasteiger partial charge < -0.3 is 9.47 Å². The van der Waals surface area contributed by atoms with Crippen molar-refractivity contribution in [3.8, 4) is 11.5 Å². The van der Waals surface area contributed by atoms with Gasteiger partial charge in [0.15, 0.2) is 0 Å². The normalized spacial score (nSPS) is 10.0. The smallest absolute Gasteiger partial charge is 0.269 e. The Bertz CT molecular complexity index is 622. The quantitative estimate of drug-likeness (QED) is 0.323. The molecule has 2 rings (SSSR count). The minimum Gasteiger partial charge on any atom is -0.493 e. The van der Waals surface area contributed by atoms with Crippen LogP contribution in [0.2, 0.25) is 0 Å². The van der Waals surface area contributed by atoms with Gasteiger partial charge in [-0.3, -0.25) is 14.9 Å². The van der Waals surface area contributed by atoms with E-state index in [-0.39, 0.29) is 5.69 Å². The van der Waals surface area contributed by atoms with E-state index in [1.807, 2.05) is 0 Å². The van der Waals surface area contributed by atoms with E-state index >= 15 is 0 Å². The van der Waals surface area contributed by atoms with Gasteiger partial charge in [-0.25, -0.2) is 0 Å². The zero-order valence-corrected chi connectivity index (χ0v) is 11.8. The van der Waals surface area contributed by atoms with Crippen molar-refractivity contribution >= 4 is 12.0 Å². The largest absolute Gasteiger partial charge is 0.493 e. The van der Waals surface area contributed by atoms with Crippen LogP contribution in [0.15, 0.2) is 48.5 Å². The molecule has 0 unspecified atom stereocenters. The van der Waals surface area contributed by atoms with Crippen molar-refractivity contribution in [3.05, 3.63) is 64.2 Å². The van der Waals surface area contributed by atoms with Crippen LogP contribution < -0.4 is 9.47 Å². The zero-order chi connectivity index (χ0) is 15.8. The van der Waals surface area contributed by atoms with Crippen molar-refractivity contribution in [2.75, 3.05) is 13.2 Å². The SMILES string of the molecule is O=Cc1ccc(OCCCOc2ccc([N+](=O)[O-])cc2)cc1. The van der Waals surface area contributed by atoms with Crippen LogP contribution >= 0.6 is 0 Å². The van der Waals surface area contributed by atoms with Crippen LogP contribution in [0.3, 0.4) is 0 Å². The Balaban J connectivity index is 1.68. The number of rotatable bonds is 8. The molecule has 22 heavy (non-hydrogen) atoms. The number of nitro groups is 1. The van der Waals surface area contributed by atoms with E-state index in [4.69, 9.17) is 9.47 Å². The summed E-state index contributed by atoms with van der Waals surface area (Å²) in [6.45, 7) is 0.928. The Labute approximate surface area is 127 Å². The second-order valence-electron chi connectivity index (χ2n) is 4.49. The molecule has 2 aromatic rings. The molecule has 0 heterocycles.